The van der Waals surface area contributed by atoms with Crippen molar-refractivity contribution in [1.29, 1.82) is 0 Å². The van der Waals surface area contributed by atoms with Gasteiger partial charge in [-0.1, -0.05) is 6.07 Å². The Hall–Kier alpha value is -2.17. The van der Waals surface area contributed by atoms with Gasteiger partial charge in [0, 0.05) is 13.1 Å². The van der Waals surface area contributed by atoms with E-state index in [0.29, 0.717) is 11.3 Å². The van der Waals surface area contributed by atoms with Gasteiger partial charge in [0.05, 0.1) is 23.1 Å². The molecule has 5 heteroatoms. The Morgan fingerprint density at radius 3 is 2.71 bits per heavy atom. The number of hydrogen-bond acceptors (Lipinski definition) is 2. The number of nitrogens with zero attached hydrogens (tertiary/aromatic N) is 3. The lowest BCUT2D eigenvalue weighted by Gasteiger charge is -2.26. The van der Waals surface area contributed by atoms with E-state index in [1.165, 1.54) is 18.6 Å². The van der Waals surface area contributed by atoms with E-state index >= 15 is 0 Å². The maximum Gasteiger partial charge on any atom is 0.257 e. The summed E-state index contributed by atoms with van der Waals surface area (Å²) >= 11 is 0. The van der Waals surface area contributed by atoms with Crippen molar-refractivity contribution < 1.29 is 9.18 Å². The zero-order chi connectivity index (χ0) is 14.8. The predicted molar refractivity (Wildman–Crippen MR) is 78.0 cm³/mol. The second kappa shape index (κ2) is 5.68. The molecule has 0 aliphatic carbocycles. The third-order valence-corrected chi connectivity index (χ3v) is 3.94. The van der Waals surface area contributed by atoms with Crippen molar-refractivity contribution in [2.45, 2.75) is 26.2 Å². The largest absolute Gasteiger partial charge is 0.339 e. The van der Waals surface area contributed by atoms with Gasteiger partial charge in [-0.2, -0.15) is 5.10 Å². The summed E-state index contributed by atoms with van der Waals surface area (Å²) in [5.41, 5.74) is 1.97. The molecular weight excluding hydrogens is 269 g/mol. The first kappa shape index (κ1) is 13.8. The van der Waals surface area contributed by atoms with Crippen LogP contribution in [0.25, 0.3) is 5.69 Å². The van der Waals surface area contributed by atoms with Gasteiger partial charge in [0.2, 0.25) is 0 Å². The first-order valence-electron chi connectivity index (χ1n) is 7.26. The lowest BCUT2D eigenvalue weighted by atomic mass is 10.1. The Kier molecular flexibility index (Phi) is 3.73. The third-order valence-electron chi connectivity index (χ3n) is 3.94. The maximum atomic E-state index is 13.3. The number of aromatic nitrogens is 2. The quantitative estimate of drug-likeness (QED) is 0.851. The van der Waals surface area contributed by atoms with Gasteiger partial charge in [-0.05, 0) is 44.4 Å². The predicted octanol–water partition coefficient (Wildman–Crippen LogP) is 2.95. The molecule has 0 saturated carbocycles. The van der Waals surface area contributed by atoms with Crippen molar-refractivity contribution in [3.8, 4) is 5.69 Å². The highest BCUT2D eigenvalue weighted by molar-refractivity contribution is 5.95. The Morgan fingerprint density at radius 1 is 1.24 bits per heavy atom. The molecule has 0 spiro atoms. The molecule has 1 aliphatic heterocycles. The average molecular weight is 287 g/mol. The minimum Gasteiger partial charge on any atom is -0.339 e. The van der Waals surface area contributed by atoms with E-state index in [0.717, 1.165) is 31.6 Å². The molecule has 3 rings (SSSR count). The van der Waals surface area contributed by atoms with E-state index in [9.17, 15) is 9.18 Å². The van der Waals surface area contributed by atoms with Gasteiger partial charge in [0.1, 0.15) is 5.82 Å². The normalized spacial score (nSPS) is 15.2. The van der Waals surface area contributed by atoms with Crippen LogP contribution in [-0.4, -0.2) is 33.7 Å². The van der Waals surface area contributed by atoms with E-state index in [4.69, 9.17) is 0 Å². The van der Waals surface area contributed by atoms with E-state index in [1.807, 2.05) is 11.8 Å². The number of rotatable bonds is 2. The molecule has 2 aromatic rings. The summed E-state index contributed by atoms with van der Waals surface area (Å²) in [7, 11) is 0. The summed E-state index contributed by atoms with van der Waals surface area (Å²) in [4.78, 5) is 14.4. The zero-order valence-corrected chi connectivity index (χ0v) is 12.1. The van der Waals surface area contributed by atoms with Crippen molar-refractivity contribution in [3.05, 3.63) is 47.5 Å². The molecule has 0 radical (unpaired) electrons. The van der Waals surface area contributed by atoms with E-state index in [1.54, 1.807) is 23.0 Å². The second-order valence-electron chi connectivity index (χ2n) is 5.39. The summed E-state index contributed by atoms with van der Waals surface area (Å²) in [6.07, 6.45) is 4.88. The number of halogens is 1. The van der Waals surface area contributed by atoms with Crippen LogP contribution in [0.5, 0.6) is 0 Å². The topological polar surface area (TPSA) is 38.1 Å². The summed E-state index contributed by atoms with van der Waals surface area (Å²) in [6, 6.07) is 6.22. The van der Waals surface area contributed by atoms with Crippen LogP contribution in [0.15, 0.2) is 30.5 Å². The molecule has 1 amide bonds. The molecule has 1 saturated heterocycles. The number of likely N-dealkylation sites (tertiary alicyclic amines) is 1. The SMILES string of the molecule is Cc1c(C(=O)N2CCCCC2)cnn1-c1cccc(F)c1. The minimum absolute atomic E-state index is 0.0230. The second-order valence-corrected chi connectivity index (χ2v) is 5.39. The highest BCUT2D eigenvalue weighted by Crippen LogP contribution is 2.18. The van der Waals surface area contributed by atoms with E-state index in [2.05, 4.69) is 5.10 Å². The smallest absolute Gasteiger partial charge is 0.257 e. The molecule has 1 aromatic heterocycles. The molecule has 0 atom stereocenters. The summed E-state index contributed by atoms with van der Waals surface area (Å²) < 4.78 is 14.9. The summed E-state index contributed by atoms with van der Waals surface area (Å²) in [5, 5.41) is 4.25. The molecular formula is C16H18FN3O. The van der Waals surface area contributed by atoms with Crippen molar-refractivity contribution in [3.63, 3.8) is 0 Å². The minimum atomic E-state index is -0.314. The lowest BCUT2D eigenvalue weighted by Crippen LogP contribution is -2.35. The standard InChI is InChI=1S/C16H18FN3O/c1-12-15(16(21)19-8-3-2-4-9-19)11-18-20(12)14-7-5-6-13(17)10-14/h5-7,10-11H,2-4,8-9H2,1H3. The first-order chi connectivity index (χ1) is 10.2. The molecule has 0 bridgehead atoms. The fraction of sp³-hybridized carbons (Fsp3) is 0.375. The van der Waals surface area contributed by atoms with Crippen LogP contribution >= 0.6 is 0 Å². The van der Waals surface area contributed by atoms with Gasteiger partial charge in [0.25, 0.3) is 5.91 Å². The van der Waals surface area contributed by atoms with Gasteiger partial charge in [-0.15, -0.1) is 0 Å². The Balaban J connectivity index is 1.90. The van der Waals surface area contributed by atoms with Crippen LogP contribution in [0.1, 0.15) is 35.3 Å². The van der Waals surface area contributed by atoms with E-state index in [-0.39, 0.29) is 11.7 Å². The van der Waals surface area contributed by atoms with Crippen molar-refractivity contribution >= 4 is 5.91 Å². The molecule has 4 nitrogen and oxygen atoms in total. The molecule has 0 N–H and O–H groups in total. The van der Waals surface area contributed by atoms with Gasteiger partial charge >= 0.3 is 0 Å². The number of hydrogen-bond donors (Lipinski definition) is 0. The van der Waals surface area contributed by atoms with Crippen molar-refractivity contribution in [2.75, 3.05) is 13.1 Å². The Bertz CT molecular complexity index is 659. The number of amides is 1. The van der Waals surface area contributed by atoms with Crippen molar-refractivity contribution in [2.24, 2.45) is 0 Å². The first-order valence-corrected chi connectivity index (χ1v) is 7.26. The van der Waals surface area contributed by atoms with Crippen molar-refractivity contribution in [1.82, 2.24) is 14.7 Å². The van der Waals surface area contributed by atoms with Crippen LogP contribution in [0.3, 0.4) is 0 Å². The highest BCUT2D eigenvalue weighted by atomic mass is 19.1. The Labute approximate surface area is 123 Å². The fourth-order valence-electron chi connectivity index (χ4n) is 2.76. The lowest BCUT2D eigenvalue weighted by molar-refractivity contribution is 0.0723. The molecule has 1 aliphatic rings. The van der Waals surface area contributed by atoms with Crippen LogP contribution in [0, 0.1) is 12.7 Å². The summed E-state index contributed by atoms with van der Waals surface area (Å²) in [6.45, 7) is 3.46. The molecule has 0 unspecified atom stereocenters. The van der Waals surface area contributed by atoms with Crippen LogP contribution in [-0.2, 0) is 0 Å². The molecule has 2 heterocycles. The van der Waals surface area contributed by atoms with Gasteiger partial charge in [0.15, 0.2) is 0 Å². The summed E-state index contributed by atoms with van der Waals surface area (Å²) in [5.74, 6) is -0.291. The van der Waals surface area contributed by atoms with Crippen LogP contribution < -0.4 is 0 Å². The van der Waals surface area contributed by atoms with Crippen LogP contribution in [0.4, 0.5) is 4.39 Å². The monoisotopic (exact) mass is 287 g/mol. The molecule has 1 aromatic carbocycles. The third kappa shape index (κ3) is 2.68. The van der Waals surface area contributed by atoms with E-state index < -0.39 is 0 Å². The maximum absolute atomic E-state index is 13.3. The Morgan fingerprint density at radius 2 is 2.00 bits per heavy atom. The van der Waals surface area contributed by atoms with Crippen LogP contribution in [0.2, 0.25) is 0 Å². The number of piperidine rings is 1. The van der Waals surface area contributed by atoms with Gasteiger partial charge in [-0.25, -0.2) is 9.07 Å². The molecule has 1 fully saturated rings. The van der Waals surface area contributed by atoms with Gasteiger partial charge in [-0.3, -0.25) is 4.79 Å². The highest BCUT2D eigenvalue weighted by Gasteiger charge is 2.22. The zero-order valence-electron chi connectivity index (χ0n) is 12.1. The fourth-order valence-corrected chi connectivity index (χ4v) is 2.76. The van der Waals surface area contributed by atoms with Gasteiger partial charge < -0.3 is 4.90 Å². The number of benzene rings is 1. The molecule has 21 heavy (non-hydrogen) atoms. The molecule has 110 valence electrons. The average Bonchev–Trinajstić information content (AvgIpc) is 2.89. The number of carbonyl (C=O) groups is 1. The number of carbonyl (C=O) groups excluding carboxylic acids is 1.